The molecule has 0 unspecified atom stereocenters. The third kappa shape index (κ3) is 2.97. The summed E-state index contributed by atoms with van der Waals surface area (Å²) < 4.78 is 0. The van der Waals surface area contributed by atoms with E-state index in [-0.39, 0.29) is 5.41 Å². The van der Waals surface area contributed by atoms with E-state index in [2.05, 4.69) is 4.90 Å². The van der Waals surface area contributed by atoms with Crippen LogP contribution in [0.15, 0.2) is 0 Å². The quantitative estimate of drug-likeness (QED) is 0.799. The van der Waals surface area contributed by atoms with E-state index in [1.54, 1.807) is 0 Å². The van der Waals surface area contributed by atoms with Crippen LogP contribution in [0.25, 0.3) is 0 Å². The van der Waals surface area contributed by atoms with Crippen LogP contribution in [0.2, 0.25) is 0 Å². The van der Waals surface area contributed by atoms with Gasteiger partial charge in [-0.1, -0.05) is 19.3 Å². The molecule has 0 spiro atoms. The van der Waals surface area contributed by atoms with Gasteiger partial charge in [-0.25, -0.2) is 0 Å². The molecule has 2 rings (SSSR count). The van der Waals surface area contributed by atoms with Crippen LogP contribution in [-0.2, 0) is 4.79 Å². The number of carboxylic acid groups (broad SMARTS) is 1. The van der Waals surface area contributed by atoms with Gasteiger partial charge in [0.15, 0.2) is 0 Å². The monoisotopic (exact) mass is 225 g/mol. The lowest BCUT2D eigenvalue weighted by atomic mass is 9.66. The van der Waals surface area contributed by atoms with Gasteiger partial charge < -0.3 is 10.0 Å². The van der Waals surface area contributed by atoms with Gasteiger partial charge in [-0.15, -0.1) is 0 Å². The van der Waals surface area contributed by atoms with Crippen LogP contribution in [0.1, 0.15) is 51.4 Å². The lowest BCUT2D eigenvalue weighted by Gasteiger charge is -2.44. The Morgan fingerprint density at radius 3 is 2.12 bits per heavy atom. The number of aliphatic carboxylic acids is 1. The van der Waals surface area contributed by atoms with Crippen molar-refractivity contribution < 1.29 is 9.90 Å². The number of carboxylic acids is 1. The molecule has 16 heavy (non-hydrogen) atoms. The minimum atomic E-state index is -0.616. The number of hydrogen-bond donors (Lipinski definition) is 1. The van der Waals surface area contributed by atoms with Crippen molar-refractivity contribution in [2.45, 2.75) is 51.4 Å². The van der Waals surface area contributed by atoms with Crippen LogP contribution < -0.4 is 0 Å². The fourth-order valence-electron chi connectivity index (χ4n) is 3.16. The Balaban J connectivity index is 1.87. The molecular formula is C13H23NO2. The molecule has 3 nitrogen and oxygen atoms in total. The molecular weight excluding hydrogens is 202 g/mol. The zero-order valence-electron chi connectivity index (χ0n) is 10.1. The first-order valence-electron chi connectivity index (χ1n) is 6.64. The van der Waals surface area contributed by atoms with Crippen molar-refractivity contribution >= 4 is 5.97 Å². The standard InChI is InChI=1S/C13H23NO2/c15-12(16)10-13(6-5-7-13)11-14-8-3-1-2-4-9-14/h1-11H2,(H,15,16). The van der Waals surface area contributed by atoms with Gasteiger partial charge in [-0.05, 0) is 44.2 Å². The van der Waals surface area contributed by atoms with E-state index in [1.807, 2.05) is 0 Å². The Kier molecular flexibility index (Phi) is 3.85. The lowest BCUT2D eigenvalue weighted by molar-refractivity contribution is -0.142. The highest BCUT2D eigenvalue weighted by atomic mass is 16.4. The molecule has 3 heteroatoms. The maximum atomic E-state index is 10.9. The number of nitrogens with zero attached hydrogens (tertiary/aromatic N) is 1. The van der Waals surface area contributed by atoms with Crippen molar-refractivity contribution in [3.8, 4) is 0 Å². The fraction of sp³-hybridized carbons (Fsp3) is 0.923. The van der Waals surface area contributed by atoms with Gasteiger partial charge in [-0.2, -0.15) is 0 Å². The van der Waals surface area contributed by atoms with Crippen molar-refractivity contribution in [2.75, 3.05) is 19.6 Å². The minimum Gasteiger partial charge on any atom is -0.481 e. The van der Waals surface area contributed by atoms with Crippen LogP contribution >= 0.6 is 0 Å². The number of rotatable bonds is 4. The summed E-state index contributed by atoms with van der Waals surface area (Å²) in [5, 5.41) is 8.98. The smallest absolute Gasteiger partial charge is 0.303 e. The van der Waals surface area contributed by atoms with Crippen LogP contribution in [0, 0.1) is 5.41 Å². The highest BCUT2D eigenvalue weighted by molar-refractivity contribution is 5.68. The summed E-state index contributed by atoms with van der Waals surface area (Å²) in [6, 6.07) is 0. The maximum Gasteiger partial charge on any atom is 0.303 e. The highest BCUT2D eigenvalue weighted by Crippen LogP contribution is 2.44. The molecule has 0 aromatic heterocycles. The lowest BCUT2D eigenvalue weighted by Crippen LogP contribution is -2.44. The zero-order valence-corrected chi connectivity index (χ0v) is 10.1. The second kappa shape index (κ2) is 5.17. The Morgan fingerprint density at radius 2 is 1.69 bits per heavy atom. The molecule has 0 atom stereocenters. The van der Waals surface area contributed by atoms with E-state index >= 15 is 0 Å². The predicted octanol–water partition coefficient (Wildman–Crippen LogP) is 2.51. The van der Waals surface area contributed by atoms with Crippen LogP contribution in [-0.4, -0.2) is 35.6 Å². The normalized spacial score (nSPS) is 25.8. The summed E-state index contributed by atoms with van der Waals surface area (Å²) in [5.74, 6) is -0.616. The van der Waals surface area contributed by atoms with Crippen molar-refractivity contribution in [1.29, 1.82) is 0 Å². The Bertz CT molecular complexity index is 240. The molecule has 1 aliphatic heterocycles. The molecule has 2 aliphatic rings. The predicted molar refractivity (Wildman–Crippen MR) is 63.4 cm³/mol. The summed E-state index contributed by atoms with van der Waals surface area (Å²) in [6.45, 7) is 3.39. The molecule has 1 saturated carbocycles. The SMILES string of the molecule is O=C(O)CC1(CN2CCCCCC2)CCC1. The minimum absolute atomic E-state index is 0.121. The van der Waals surface area contributed by atoms with Gasteiger partial charge >= 0.3 is 5.97 Å². The first kappa shape index (κ1) is 11.9. The highest BCUT2D eigenvalue weighted by Gasteiger charge is 2.40. The molecule has 92 valence electrons. The van der Waals surface area contributed by atoms with E-state index in [1.165, 1.54) is 45.2 Å². The summed E-state index contributed by atoms with van der Waals surface area (Å²) >= 11 is 0. The van der Waals surface area contributed by atoms with Crippen molar-refractivity contribution in [3.63, 3.8) is 0 Å². The average Bonchev–Trinajstić information content (AvgIpc) is 2.42. The van der Waals surface area contributed by atoms with Gasteiger partial charge in [0.05, 0.1) is 6.42 Å². The molecule has 0 amide bonds. The van der Waals surface area contributed by atoms with E-state index in [0.29, 0.717) is 6.42 Å². The van der Waals surface area contributed by atoms with Crippen molar-refractivity contribution in [1.82, 2.24) is 4.90 Å². The largest absolute Gasteiger partial charge is 0.481 e. The molecule has 2 fully saturated rings. The van der Waals surface area contributed by atoms with Crippen LogP contribution in [0.4, 0.5) is 0 Å². The van der Waals surface area contributed by atoms with Crippen LogP contribution in [0.3, 0.4) is 0 Å². The molecule has 0 aromatic carbocycles. The molecule has 0 aromatic rings. The van der Waals surface area contributed by atoms with Crippen molar-refractivity contribution in [3.05, 3.63) is 0 Å². The molecule has 1 saturated heterocycles. The molecule has 1 heterocycles. The van der Waals surface area contributed by atoms with Gasteiger partial charge in [0.2, 0.25) is 0 Å². The summed E-state index contributed by atoms with van der Waals surface area (Å²) in [6.07, 6.45) is 9.13. The van der Waals surface area contributed by atoms with Gasteiger partial charge in [0.25, 0.3) is 0 Å². The third-order valence-corrected chi connectivity index (χ3v) is 4.20. The third-order valence-electron chi connectivity index (χ3n) is 4.20. The van der Waals surface area contributed by atoms with Gasteiger partial charge in [0, 0.05) is 6.54 Å². The molecule has 0 radical (unpaired) electrons. The molecule has 0 bridgehead atoms. The zero-order chi connectivity index (χ0) is 11.4. The van der Waals surface area contributed by atoms with E-state index in [0.717, 1.165) is 19.4 Å². The molecule has 1 aliphatic carbocycles. The topological polar surface area (TPSA) is 40.5 Å². The second-order valence-corrected chi connectivity index (χ2v) is 5.61. The van der Waals surface area contributed by atoms with Crippen LogP contribution in [0.5, 0.6) is 0 Å². The first-order chi connectivity index (χ1) is 7.70. The number of carbonyl (C=O) groups is 1. The van der Waals surface area contributed by atoms with E-state index in [9.17, 15) is 4.79 Å². The van der Waals surface area contributed by atoms with Gasteiger partial charge in [-0.3, -0.25) is 4.79 Å². The Morgan fingerprint density at radius 1 is 1.06 bits per heavy atom. The first-order valence-corrected chi connectivity index (χ1v) is 6.64. The average molecular weight is 225 g/mol. The summed E-state index contributed by atoms with van der Waals surface area (Å²) in [7, 11) is 0. The maximum absolute atomic E-state index is 10.9. The number of likely N-dealkylation sites (tertiary alicyclic amines) is 1. The molecule has 1 N–H and O–H groups in total. The second-order valence-electron chi connectivity index (χ2n) is 5.61. The van der Waals surface area contributed by atoms with E-state index in [4.69, 9.17) is 5.11 Å². The Hall–Kier alpha value is -0.570. The summed E-state index contributed by atoms with van der Waals surface area (Å²) in [5.41, 5.74) is 0.121. The number of hydrogen-bond acceptors (Lipinski definition) is 2. The van der Waals surface area contributed by atoms with Gasteiger partial charge in [0.1, 0.15) is 0 Å². The van der Waals surface area contributed by atoms with E-state index < -0.39 is 5.97 Å². The fourth-order valence-corrected chi connectivity index (χ4v) is 3.16. The van der Waals surface area contributed by atoms with Crippen molar-refractivity contribution in [2.24, 2.45) is 5.41 Å². The Labute approximate surface area is 97.8 Å². The summed E-state index contributed by atoms with van der Waals surface area (Å²) in [4.78, 5) is 13.4.